The number of amides is 2. The lowest BCUT2D eigenvalue weighted by Crippen LogP contribution is -2.59. The topological polar surface area (TPSA) is 98.7 Å². The van der Waals surface area contributed by atoms with Crippen molar-refractivity contribution in [1.29, 1.82) is 0 Å². The first kappa shape index (κ1) is 13.4. The second kappa shape index (κ2) is 5.62. The summed E-state index contributed by atoms with van der Waals surface area (Å²) >= 11 is 0. The van der Waals surface area contributed by atoms with Crippen LogP contribution in [0, 0.1) is 0 Å². The van der Waals surface area contributed by atoms with E-state index in [2.05, 4.69) is 10.6 Å². The first-order valence-corrected chi connectivity index (χ1v) is 5.43. The number of rotatable bonds is 4. The third-order valence-corrected chi connectivity index (χ3v) is 2.36. The number of carboxylic acids is 1. The Labute approximate surface area is 99.2 Å². The summed E-state index contributed by atoms with van der Waals surface area (Å²) in [6, 6.07) is -0.852. The zero-order chi connectivity index (χ0) is 13.0. The quantitative estimate of drug-likeness (QED) is 0.552. The number of carboxylic acid groups (broad SMARTS) is 1. The van der Waals surface area contributed by atoms with Crippen LogP contribution < -0.4 is 10.6 Å². The molecule has 1 aliphatic heterocycles. The predicted octanol–water partition coefficient (Wildman–Crippen LogP) is -1.60. The van der Waals surface area contributed by atoms with Gasteiger partial charge < -0.3 is 15.7 Å². The van der Waals surface area contributed by atoms with Crippen LogP contribution in [0.3, 0.4) is 0 Å². The lowest BCUT2D eigenvalue weighted by molar-refractivity contribution is -0.146. The number of nitrogens with one attached hydrogen (secondary N) is 2. The molecule has 0 radical (unpaired) electrons. The number of carbonyl (C=O) groups excluding carboxylic acids is 2. The molecule has 1 atom stereocenters. The molecule has 1 aliphatic rings. The fourth-order valence-corrected chi connectivity index (χ4v) is 1.65. The van der Waals surface area contributed by atoms with E-state index >= 15 is 0 Å². The summed E-state index contributed by atoms with van der Waals surface area (Å²) < 4.78 is 0. The van der Waals surface area contributed by atoms with E-state index in [0.717, 1.165) is 0 Å². The molecule has 17 heavy (non-hydrogen) atoms. The van der Waals surface area contributed by atoms with Crippen molar-refractivity contribution in [1.82, 2.24) is 15.5 Å². The van der Waals surface area contributed by atoms with Gasteiger partial charge in [0.1, 0.15) is 6.04 Å². The second-order valence-corrected chi connectivity index (χ2v) is 4.29. The van der Waals surface area contributed by atoms with Crippen LogP contribution in [-0.4, -0.2) is 59.5 Å². The molecule has 0 spiro atoms. The van der Waals surface area contributed by atoms with Crippen LogP contribution in [0.2, 0.25) is 0 Å². The maximum Gasteiger partial charge on any atom is 0.322 e. The fraction of sp³-hybridized carbons (Fsp3) is 0.700. The summed E-state index contributed by atoms with van der Waals surface area (Å²) in [5.41, 5.74) is 0. The van der Waals surface area contributed by atoms with Gasteiger partial charge in [-0.05, 0) is 13.8 Å². The number of piperazine rings is 1. The van der Waals surface area contributed by atoms with Gasteiger partial charge >= 0.3 is 5.97 Å². The van der Waals surface area contributed by atoms with Crippen molar-refractivity contribution in [2.75, 3.05) is 19.6 Å². The van der Waals surface area contributed by atoms with Crippen LogP contribution >= 0.6 is 0 Å². The first-order chi connectivity index (χ1) is 7.90. The van der Waals surface area contributed by atoms with Gasteiger partial charge in [-0.1, -0.05) is 0 Å². The Morgan fingerprint density at radius 3 is 2.76 bits per heavy atom. The average molecular weight is 243 g/mol. The highest BCUT2D eigenvalue weighted by molar-refractivity contribution is 5.85. The molecule has 3 N–H and O–H groups in total. The Morgan fingerprint density at radius 1 is 1.59 bits per heavy atom. The van der Waals surface area contributed by atoms with Crippen molar-refractivity contribution in [2.24, 2.45) is 0 Å². The van der Waals surface area contributed by atoms with E-state index in [1.54, 1.807) is 0 Å². The van der Waals surface area contributed by atoms with Gasteiger partial charge in [-0.15, -0.1) is 0 Å². The van der Waals surface area contributed by atoms with E-state index in [1.165, 1.54) is 4.90 Å². The van der Waals surface area contributed by atoms with Gasteiger partial charge in [-0.2, -0.15) is 0 Å². The highest BCUT2D eigenvalue weighted by atomic mass is 16.4. The van der Waals surface area contributed by atoms with Gasteiger partial charge in [0.05, 0.1) is 13.1 Å². The monoisotopic (exact) mass is 243 g/mol. The van der Waals surface area contributed by atoms with Crippen LogP contribution in [0.4, 0.5) is 0 Å². The van der Waals surface area contributed by atoms with Crippen LogP contribution in [0.5, 0.6) is 0 Å². The van der Waals surface area contributed by atoms with Gasteiger partial charge in [0.2, 0.25) is 11.8 Å². The SMILES string of the molecule is CC(C)NC(=O)CN1CC(=O)NCC1C(=O)O. The van der Waals surface area contributed by atoms with Crippen molar-refractivity contribution in [2.45, 2.75) is 25.9 Å². The molecular formula is C10H17N3O4. The molecule has 1 saturated heterocycles. The Hall–Kier alpha value is -1.63. The highest BCUT2D eigenvalue weighted by Gasteiger charge is 2.32. The molecule has 0 aromatic carbocycles. The number of hydrogen-bond donors (Lipinski definition) is 3. The fourth-order valence-electron chi connectivity index (χ4n) is 1.65. The van der Waals surface area contributed by atoms with Crippen molar-refractivity contribution in [3.8, 4) is 0 Å². The molecule has 7 heteroatoms. The standard InChI is InChI=1S/C10H17N3O4/c1-6(2)12-9(15)5-13-4-8(14)11-3-7(13)10(16)17/h6-7H,3-5H2,1-2H3,(H,11,14)(H,12,15)(H,16,17). The smallest absolute Gasteiger partial charge is 0.322 e. The van der Waals surface area contributed by atoms with E-state index in [0.29, 0.717) is 0 Å². The van der Waals surface area contributed by atoms with Gasteiger partial charge in [0, 0.05) is 12.6 Å². The molecule has 0 aliphatic carbocycles. The largest absolute Gasteiger partial charge is 0.480 e. The molecule has 96 valence electrons. The Bertz CT molecular complexity index is 330. The number of aliphatic carboxylic acids is 1. The molecule has 1 unspecified atom stereocenters. The molecule has 7 nitrogen and oxygen atoms in total. The summed E-state index contributed by atoms with van der Waals surface area (Å²) in [7, 11) is 0. The van der Waals surface area contributed by atoms with Crippen molar-refractivity contribution >= 4 is 17.8 Å². The number of nitrogens with zero attached hydrogens (tertiary/aromatic N) is 1. The van der Waals surface area contributed by atoms with Gasteiger partial charge in [-0.3, -0.25) is 19.3 Å². The Balaban J connectivity index is 2.60. The molecule has 1 heterocycles. The third kappa shape index (κ3) is 4.03. The maximum atomic E-state index is 11.5. The zero-order valence-corrected chi connectivity index (χ0v) is 9.90. The number of hydrogen-bond acceptors (Lipinski definition) is 4. The van der Waals surface area contributed by atoms with Crippen LogP contribution in [0.1, 0.15) is 13.8 Å². The van der Waals surface area contributed by atoms with Crippen LogP contribution in [-0.2, 0) is 14.4 Å². The number of carbonyl (C=O) groups is 3. The molecule has 0 bridgehead atoms. The minimum absolute atomic E-state index is 0.00982. The van der Waals surface area contributed by atoms with Crippen molar-refractivity contribution in [3.63, 3.8) is 0 Å². The minimum Gasteiger partial charge on any atom is -0.480 e. The van der Waals surface area contributed by atoms with E-state index in [4.69, 9.17) is 5.11 Å². The summed E-state index contributed by atoms with van der Waals surface area (Å²) in [6.07, 6.45) is 0. The molecule has 2 amide bonds. The van der Waals surface area contributed by atoms with Gasteiger partial charge in [-0.25, -0.2) is 0 Å². The summed E-state index contributed by atoms with van der Waals surface area (Å²) in [5, 5.41) is 14.1. The van der Waals surface area contributed by atoms with Gasteiger partial charge in [0.25, 0.3) is 0 Å². The Morgan fingerprint density at radius 2 is 2.24 bits per heavy atom. The third-order valence-electron chi connectivity index (χ3n) is 2.36. The van der Waals surface area contributed by atoms with Crippen LogP contribution in [0.15, 0.2) is 0 Å². The highest BCUT2D eigenvalue weighted by Crippen LogP contribution is 2.03. The summed E-state index contributed by atoms with van der Waals surface area (Å²) in [6.45, 7) is 3.51. The van der Waals surface area contributed by atoms with E-state index in [-0.39, 0.29) is 37.5 Å². The molecule has 1 fully saturated rings. The molecular weight excluding hydrogens is 226 g/mol. The van der Waals surface area contributed by atoms with E-state index in [1.807, 2.05) is 13.8 Å². The normalized spacial score (nSPS) is 21.1. The minimum atomic E-state index is -1.04. The molecule has 1 rings (SSSR count). The lowest BCUT2D eigenvalue weighted by Gasteiger charge is -2.32. The van der Waals surface area contributed by atoms with E-state index < -0.39 is 12.0 Å². The average Bonchev–Trinajstić information content (AvgIpc) is 2.15. The molecule has 0 aromatic heterocycles. The summed E-state index contributed by atoms with van der Waals surface area (Å²) in [4.78, 5) is 35.0. The first-order valence-electron chi connectivity index (χ1n) is 5.43. The molecule has 0 saturated carbocycles. The Kier molecular flexibility index (Phi) is 4.45. The maximum absolute atomic E-state index is 11.5. The second-order valence-electron chi connectivity index (χ2n) is 4.29. The van der Waals surface area contributed by atoms with Crippen LogP contribution in [0.25, 0.3) is 0 Å². The molecule has 0 aromatic rings. The van der Waals surface area contributed by atoms with Crippen molar-refractivity contribution in [3.05, 3.63) is 0 Å². The zero-order valence-electron chi connectivity index (χ0n) is 9.90. The van der Waals surface area contributed by atoms with Gasteiger partial charge in [0.15, 0.2) is 0 Å². The summed E-state index contributed by atoms with van der Waals surface area (Å²) in [5.74, 6) is -1.58. The van der Waals surface area contributed by atoms with E-state index in [9.17, 15) is 14.4 Å². The van der Waals surface area contributed by atoms with Crippen molar-refractivity contribution < 1.29 is 19.5 Å². The predicted molar refractivity (Wildman–Crippen MR) is 59.3 cm³/mol. The lowest BCUT2D eigenvalue weighted by atomic mass is 10.2.